The molecule has 0 aliphatic rings. The SMILES string of the molecule is COCCCc1nc2c(N)cc(Br)cc2[nH]1. The number of fused-ring (bicyclic) bond motifs is 1. The highest BCUT2D eigenvalue weighted by Gasteiger charge is 2.06. The Hall–Kier alpha value is -1.07. The van der Waals surface area contributed by atoms with Gasteiger partial charge in [-0.15, -0.1) is 0 Å². The quantitative estimate of drug-likeness (QED) is 0.669. The first-order valence-corrected chi connectivity index (χ1v) is 5.92. The highest BCUT2D eigenvalue weighted by Crippen LogP contribution is 2.24. The van der Waals surface area contributed by atoms with Crippen molar-refractivity contribution in [3.63, 3.8) is 0 Å². The van der Waals surface area contributed by atoms with Crippen LogP contribution in [0.25, 0.3) is 11.0 Å². The van der Waals surface area contributed by atoms with E-state index < -0.39 is 0 Å². The van der Waals surface area contributed by atoms with Crippen molar-refractivity contribution in [1.29, 1.82) is 0 Å². The van der Waals surface area contributed by atoms with Gasteiger partial charge in [0.1, 0.15) is 11.3 Å². The largest absolute Gasteiger partial charge is 0.397 e. The summed E-state index contributed by atoms with van der Waals surface area (Å²) in [5.74, 6) is 0.955. The van der Waals surface area contributed by atoms with E-state index in [4.69, 9.17) is 10.5 Å². The molecule has 5 heteroatoms. The molecule has 0 amide bonds. The fraction of sp³-hybridized carbons (Fsp3) is 0.364. The summed E-state index contributed by atoms with van der Waals surface area (Å²) < 4.78 is 5.97. The maximum absolute atomic E-state index is 5.89. The number of halogens is 1. The van der Waals surface area contributed by atoms with E-state index in [-0.39, 0.29) is 0 Å². The van der Waals surface area contributed by atoms with Crippen molar-refractivity contribution in [2.45, 2.75) is 12.8 Å². The summed E-state index contributed by atoms with van der Waals surface area (Å²) >= 11 is 3.41. The third-order valence-electron chi connectivity index (χ3n) is 2.39. The minimum atomic E-state index is 0.693. The molecule has 3 N–H and O–H groups in total. The minimum Gasteiger partial charge on any atom is -0.397 e. The molecule has 0 aliphatic heterocycles. The van der Waals surface area contributed by atoms with Gasteiger partial charge in [0.15, 0.2) is 0 Å². The van der Waals surface area contributed by atoms with Crippen LogP contribution in [-0.4, -0.2) is 23.7 Å². The summed E-state index contributed by atoms with van der Waals surface area (Å²) in [6.07, 6.45) is 1.83. The van der Waals surface area contributed by atoms with Crippen LogP contribution in [0, 0.1) is 0 Å². The van der Waals surface area contributed by atoms with Crippen molar-refractivity contribution >= 4 is 32.7 Å². The first-order chi connectivity index (χ1) is 7.70. The van der Waals surface area contributed by atoms with Crippen molar-refractivity contribution < 1.29 is 4.74 Å². The van der Waals surface area contributed by atoms with Crippen LogP contribution in [0.5, 0.6) is 0 Å². The molecule has 4 nitrogen and oxygen atoms in total. The van der Waals surface area contributed by atoms with Gasteiger partial charge in [0.05, 0.1) is 11.2 Å². The third kappa shape index (κ3) is 2.36. The molecule has 0 unspecified atom stereocenters. The number of rotatable bonds is 4. The average molecular weight is 284 g/mol. The number of aromatic nitrogens is 2. The van der Waals surface area contributed by atoms with Gasteiger partial charge in [-0.05, 0) is 18.6 Å². The highest BCUT2D eigenvalue weighted by molar-refractivity contribution is 9.10. The zero-order valence-corrected chi connectivity index (χ0v) is 10.7. The van der Waals surface area contributed by atoms with Crippen LogP contribution in [0.15, 0.2) is 16.6 Å². The monoisotopic (exact) mass is 283 g/mol. The van der Waals surface area contributed by atoms with Gasteiger partial charge >= 0.3 is 0 Å². The lowest BCUT2D eigenvalue weighted by molar-refractivity contribution is 0.194. The normalized spacial score (nSPS) is 11.1. The number of anilines is 1. The lowest BCUT2D eigenvalue weighted by atomic mass is 10.3. The molecule has 2 aromatic rings. The van der Waals surface area contributed by atoms with E-state index in [9.17, 15) is 0 Å². The Balaban J connectivity index is 2.26. The number of ether oxygens (including phenoxy) is 1. The van der Waals surface area contributed by atoms with Gasteiger partial charge in [-0.2, -0.15) is 0 Å². The Morgan fingerprint density at radius 3 is 3.06 bits per heavy atom. The van der Waals surface area contributed by atoms with Crippen LogP contribution in [0.2, 0.25) is 0 Å². The molecule has 2 rings (SSSR count). The van der Waals surface area contributed by atoms with Crippen molar-refractivity contribution in [1.82, 2.24) is 9.97 Å². The van der Waals surface area contributed by atoms with Crippen LogP contribution in [-0.2, 0) is 11.2 Å². The Kier molecular flexibility index (Phi) is 3.46. The third-order valence-corrected chi connectivity index (χ3v) is 2.85. The van der Waals surface area contributed by atoms with Crippen molar-refractivity contribution in [3.8, 4) is 0 Å². The van der Waals surface area contributed by atoms with E-state index in [1.807, 2.05) is 12.1 Å². The molecule has 0 atom stereocenters. The van der Waals surface area contributed by atoms with Crippen LogP contribution in [0.1, 0.15) is 12.2 Å². The molecule has 0 saturated heterocycles. The summed E-state index contributed by atoms with van der Waals surface area (Å²) in [6, 6.07) is 3.85. The van der Waals surface area contributed by atoms with Gasteiger partial charge in [-0.25, -0.2) is 4.98 Å². The number of aromatic amines is 1. The predicted octanol–water partition coefficient (Wildman–Crippen LogP) is 2.49. The summed E-state index contributed by atoms with van der Waals surface area (Å²) in [5, 5.41) is 0. The molecule has 16 heavy (non-hydrogen) atoms. The molecule has 1 heterocycles. The number of nitrogen functional groups attached to an aromatic ring is 1. The molecule has 0 aliphatic carbocycles. The summed E-state index contributed by atoms with van der Waals surface area (Å²) in [4.78, 5) is 7.73. The van der Waals surface area contributed by atoms with Crippen LogP contribution < -0.4 is 5.73 Å². The number of aryl methyl sites for hydroxylation is 1. The van der Waals surface area contributed by atoms with Crippen molar-refractivity contribution in [2.75, 3.05) is 19.5 Å². The molecule has 1 aromatic heterocycles. The maximum atomic E-state index is 5.89. The number of hydrogen-bond donors (Lipinski definition) is 2. The number of methoxy groups -OCH3 is 1. The first-order valence-electron chi connectivity index (χ1n) is 5.13. The smallest absolute Gasteiger partial charge is 0.112 e. The van der Waals surface area contributed by atoms with Gasteiger partial charge in [-0.1, -0.05) is 15.9 Å². The summed E-state index contributed by atoms with van der Waals surface area (Å²) in [6.45, 7) is 0.746. The number of benzene rings is 1. The summed E-state index contributed by atoms with van der Waals surface area (Å²) in [7, 11) is 1.70. The van der Waals surface area contributed by atoms with Crippen LogP contribution >= 0.6 is 15.9 Å². The Morgan fingerprint density at radius 1 is 1.50 bits per heavy atom. The first kappa shape index (κ1) is 11.4. The van der Waals surface area contributed by atoms with E-state index in [2.05, 4.69) is 25.9 Å². The minimum absolute atomic E-state index is 0.693. The molecular weight excluding hydrogens is 270 g/mol. The second kappa shape index (κ2) is 4.84. The Morgan fingerprint density at radius 2 is 2.31 bits per heavy atom. The Bertz CT molecular complexity index is 495. The van der Waals surface area contributed by atoms with E-state index in [0.29, 0.717) is 5.69 Å². The number of hydrogen-bond acceptors (Lipinski definition) is 3. The van der Waals surface area contributed by atoms with Crippen LogP contribution in [0.3, 0.4) is 0 Å². The molecule has 1 aromatic carbocycles. The van der Waals surface area contributed by atoms with E-state index >= 15 is 0 Å². The zero-order chi connectivity index (χ0) is 11.5. The molecular formula is C11H14BrN3O. The molecule has 0 radical (unpaired) electrons. The summed E-state index contributed by atoms with van der Waals surface area (Å²) in [5.41, 5.74) is 8.40. The van der Waals surface area contributed by atoms with Gasteiger partial charge < -0.3 is 15.5 Å². The van der Waals surface area contributed by atoms with Crippen LogP contribution in [0.4, 0.5) is 5.69 Å². The fourth-order valence-electron chi connectivity index (χ4n) is 1.66. The van der Waals surface area contributed by atoms with Crippen molar-refractivity contribution in [2.24, 2.45) is 0 Å². The fourth-order valence-corrected chi connectivity index (χ4v) is 2.14. The van der Waals surface area contributed by atoms with E-state index in [0.717, 1.165) is 40.8 Å². The number of H-pyrrole nitrogens is 1. The lowest BCUT2D eigenvalue weighted by Crippen LogP contribution is -1.94. The zero-order valence-electron chi connectivity index (χ0n) is 9.09. The molecule has 0 bridgehead atoms. The predicted molar refractivity (Wildman–Crippen MR) is 68.4 cm³/mol. The maximum Gasteiger partial charge on any atom is 0.112 e. The molecule has 0 spiro atoms. The van der Waals surface area contributed by atoms with E-state index in [1.54, 1.807) is 7.11 Å². The van der Waals surface area contributed by atoms with Gasteiger partial charge in [0, 0.05) is 24.6 Å². The number of imidazole rings is 1. The second-order valence-corrected chi connectivity index (χ2v) is 4.59. The Labute approximate surface area is 102 Å². The van der Waals surface area contributed by atoms with E-state index in [1.165, 1.54) is 0 Å². The standard InChI is InChI=1S/C11H14BrN3O/c1-16-4-2-3-10-14-9-6-7(12)5-8(13)11(9)15-10/h5-6H,2-4,13H2,1H3,(H,14,15). The number of nitrogens with two attached hydrogens (primary N) is 1. The van der Waals surface area contributed by atoms with Gasteiger partial charge in [-0.3, -0.25) is 0 Å². The average Bonchev–Trinajstić information content (AvgIpc) is 2.61. The number of nitrogens with zero attached hydrogens (tertiary/aromatic N) is 1. The number of nitrogens with one attached hydrogen (secondary N) is 1. The van der Waals surface area contributed by atoms with Gasteiger partial charge in [0.25, 0.3) is 0 Å². The lowest BCUT2D eigenvalue weighted by Gasteiger charge is -1.95. The molecule has 0 fully saturated rings. The van der Waals surface area contributed by atoms with Crippen molar-refractivity contribution in [3.05, 3.63) is 22.4 Å². The topological polar surface area (TPSA) is 63.9 Å². The van der Waals surface area contributed by atoms with Gasteiger partial charge in [0.2, 0.25) is 0 Å². The molecule has 0 saturated carbocycles. The highest BCUT2D eigenvalue weighted by atomic mass is 79.9. The second-order valence-electron chi connectivity index (χ2n) is 3.67. The molecule has 86 valence electrons.